The molecule has 106 valence electrons. The minimum absolute atomic E-state index is 0.329. The van der Waals surface area contributed by atoms with Crippen LogP contribution < -0.4 is 0 Å². The molecule has 4 nitrogen and oxygen atoms in total. The van der Waals surface area contributed by atoms with E-state index in [4.69, 9.17) is 0 Å². The van der Waals surface area contributed by atoms with Crippen molar-refractivity contribution in [3.05, 3.63) is 24.4 Å². The van der Waals surface area contributed by atoms with E-state index in [1.807, 2.05) is 13.8 Å². The molecule has 2 unspecified atom stereocenters. The molecule has 0 bridgehead atoms. The number of aromatic nitrogens is 1. The Bertz CT molecular complexity index is 553. The van der Waals surface area contributed by atoms with E-state index in [0.717, 1.165) is 6.42 Å². The molecule has 0 aliphatic heterocycles. The fourth-order valence-corrected chi connectivity index (χ4v) is 3.41. The fraction of sp³-hybridized carbons (Fsp3) is 0.538. The Balaban J connectivity index is 3.14. The lowest BCUT2D eigenvalue weighted by molar-refractivity contribution is -0.125. The van der Waals surface area contributed by atoms with E-state index in [-0.39, 0.29) is 5.91 Å². The zero-order valence-corrected chi connectivity index (χ0v) is 13.8. The number of amides is 1. The summed E-state index contributed by atoms with van der Waals surface area (Å²) in [4.78, 5) is 16.3. The highest BCUT2D eigenvalue weighted by atomic mass is 79.9. The van der Waals surface area contributed by atoms with E-state index in [1.165, 1.54) is 6.26 Å². The molecule has 0 fully saturated rings. The molecule has 0 saturated heterocycles. The second kappa shape index (κ2) is 6.61. The van der Waals surface area contributed by atoms with E-state index < -0.39 is 15.1 Å². The lowest BCUT2D eigenvalue weighted by atomic mass is 9.87. The maximum Gasteiger partial charge on any atom is 0.260 e. The minimum atomic E-state index is -2.78. The zero-order valence-electron chi connectivity index (χ0n) is 11.4. The number of rotatable bonds is 5. The van der Waals surface area contributed by atoms with E-state index in [2.05, 4.69) is 25.3 Å². The molecule has 0 N–H and O–H groups in total. The summed E-state index contributed by atoms with van der Waals surface area (Å²) in [5.74, 6) is -0.329. The second-order valence-corrected chi connectivity index (χ2v) is 7.58. The van der Waals surface area contributed by atoms with Crippen LogP contribution in [0.2, 0.25) is 0 Å². The largest absolute Gasteiger partial charge is 0.271 e. The van der Waals surface area contributed by atoms with Gasteiger partial charge in [0.05, 0.1) is 15.1 Å². The number of carbonyl (C=O) groups is 1. The Morgan fingerprint density at radius 1 is 1.53 bits per heavy atom. The van der Waals surface area contributed by atoms with Gasteiger partial charge >= 0.3 is 0 Å². The van der Waals surface area contributed by atoms with Gasteiger partial charge in [-0.2, -0.15) is 4.36 Å². The summed E-state index contributed by atoms with van der Waals surface area (Å²) in [6.07, 6.45) is 4.58. The van der Waals surface area contributed by atoms with Crippen LogP contribution in [0.3, 0.4) is 0 Å². The summed E-state index contributed by atoms with van der Waals surface area (Å²) >= 11 is 3.35. The van der Waals surface area contributed by atoms with Gasteiger partial charge in [0.15, 0.2) is 0 Å². The highest BCUT2D eigenvalue weighted by Crippen LogP contribution is 2.28. The average molecular weight is 347 g/mol. The van der Waals surface area contributed by atoms with Crippen LogP contribution >= 0.6 is 15.9 Å². The Morgan fingerprint density at radius 3 is 2.68 bits per heavy atom. The standard InChI is InChI=1S/C13H19BrN2O2S/c1-4-8-13(2,10-14)12(17)16-19(3,18)11-7-5-6-9-15-11/h5-7,9H,4,8,10H2,1-3H3. The number of carbonyl (C=O) groups excluding carboxylic acids is 1. The van der Waals surface area contributed by atoms with Gasteiger partial charge in [-0.15, -0.1) is 0 Å². The van der Waals surface area contributed by atoms with Gasteiger partial charge in [-0.25, -0.2) is 9.19 Å². The summed E-state index contributed by atoms with van der Waals surface area (Å²) in [5.41, 5.74) is -0.609. The molecule has 1 aromatic rings. The summed E-state index contributed by atoms with van der Waals surface area (Å²) in [6.45, 7) is 3.85. The fourth-order valence-electron chi connectivity index (χ4n) is 1.67. The maximum absolute atomic E-state index is 12.5. The second-order valence-electron chi connectivity index (χ2n) is 4.81. The Labute approximate surface area is 123 Å². The van der Waals surface area contributed by atoms with Crippen molar-refractivity contribution >= 4 is 31.6 Å². The molecule has 1 heterocycles. The first-order chi connectivity index (χ1) is 8.85. The van der Waals surface area contributed by atoms with Crippen LogP contribution in [0, 0.1) is 5.41 Å². The van der Waals surface area contributed by atoms with Crippen molar-refractivity contribution in [2.75, 3.05) is 11.6 Å². The predicted octanol–water partition coefficient (Wildman–Crippen LogP) is 3.27. The van der Waals surface area contributed by atoms with Gasteiger partial charge < -0.3 is 0 Å². The first-order valence-corrected chi connectivity index (χ1v) is 9.14. The van der Waals surface area contributed by atoms with Crippen molar-refractivity contribution in [2.24, 2.45) is 9.78 Å². The van der Waals surface area contributed by atoms with E-state index in [9.17, 15) is 9.00 Å². The number of pyridine rings is 1. The van der Waals surface area contributed by atoms with Gasteiger partial charge in [0.2, 0.25) is 0 Å². The molecule has 1 rings (SSSR count). The number of halogens is 1. The van der Waals surface area contributed by atoms with Crippen LogP contribution in [-0.2, 0) is 14.5 Å². The monoisotopic (exact) mass is 346 g/mol. The van der Waals surface area contributed by atoms with E-state index in [1.54, 1.807) is 24.4 Å². The third kappa shape index (κ3) is 4.11. The van der Waals surface area contributed by atoms with Gasteiger partial charge in [-0.1, -0.05) is 35.3 Å². The molecular weight excluding hydrogens is 328 g/mol. The van der Waals surface area contributed by atoms with Crippen molar-refractivity contribution in [3.63, 3.8) is 0 Å². The Morgan fingerprint density at radius 2 is 2.21 bits per heavy atom. The lowest BCUT2D eigenvalue weighted by Gasteiger charge is -2.22. The Kier molecular flexibility index (Phi) is 5.67. The molecule has 0 radical (unpaired) electrons. The molecule has 1 aromatic heterocycles. The highest BCUT2D eigenvalue weighted by Gasteiger charge is 2.32. The molecule has 6 heteroatoms. The number of hydrogen-bond acceptors (Lipinski definition) is 3. The maximum atomic E-state index is 12.5. The normalized spacial score (nSPS) is 17.3. The molecule has 0 saturated carbocycles. The first kappa shape index (κ1) is 16.3. The lowest BCUT2D eigenvalue weighted by Crippen LogP contribution is -2.29. The zero-order chi connectivity index (χ0) is 14.5. The molecule has 1 amide bonds. The molecule has 2 atom stereocenters. The van der Waals surface area contributed by atoms with Crippen molar-refractivity contribution in [1.29, 1.82) is 0 Å². The summed E-state index contributed by atoms with van der Waals surface area (Å²) in [6, 6.07) is 5.10. The molecular formula is C13H19BrN2O2S. The van der Waals surface area contributed by atoms with E-state index in [0.29, 0.717) is 16.8 Å². The summed E-state index contributed by atoms with van der Waals surface area (Å²) < 4.78 is 16.4. The molecule has 0 aliphatic carbocycles. The van der Waals surface area contributed by atoms with Crippen LogP contribution in [0.1, 0.15) is 26.7 Å². The van der Waals surface area contributed by atoms with Gasteiger partial charge in [0, 0.05) is 17.8 Å². The van der Waals surface area contributed by atoms with Crippen molar-refractivity contribution in [3.8, 4) is 0 Å². The predicted molar refractivity (Wildman–Crippen MR) is 80.8 cm³/mol. The topological polar surface area (TPSA) is 59.4 Å². The SMILES string of the molecule is CCCC(C)(CBr)C(=O)N=S(C)(=O)c1ccccn1. The smallest absolute Gasteiger partial charge is 0.260 e. The minimum Gasteiger partial charge on any atom is -0.271 e. The highest BCUT2D eigenvalue weighted by molar-refractivity contribution is 9.09. The number of nitrogens with zero attached hydrogens (tertiary/aromatic N) is 2. The van der Waals surface area contributed by atoms with Crippen LogP contribution in [0.5, 0.6) is 0 Å². The van der Waals surface area contributed by atoms with Gasteiger partial charge in [-0.05, 0) is 25.5 Å². The molecule has 0 spiro atoms. The molecule has 0 aromatic carbocycles. The third-order valence-corrected chi connectivity index (χ3v) is 5.67. The van der Waals surface area contributed by atoms with Crippen molar-refractivity contribution in [2.45, 2.75) is 31.7 Å². The molecule has 0 aliphatic rings. The number of alkyl halides is 1. The number of hydrogen-bond donors (Lipinski definition) is 0. The van der Waals surface area contributed by atoms with Crippen molar-refractivity contribution in [1.82, 2.24) is 4.98 Å². The van der Waals surface area contributed by atoms with Crippen LogP contribution in [-0.4, -0.2) is 26.7 Å². The van der Waals surface area contributed by atoms with Gasteiger partial charge in [0.1, 0.15) is 5.03 Å². The quantitative estimate of drug-likeness (QED) is 0.768. The van der Waals surface area contributed by atoms with Gasteiger partial charge in [0.25, 0.3) is 5.91 Å². The third-order valence-electron chi connectivity index (χ3n) is 2.90. The summed E-state index contributed by atoms with van der Waals surface area (Å²) in [5, 5.41) is 0.852. The Hall–Kier alpha value is -0.750. The van der Waals surface area contributed by atoms with Crippen LogP contribution in [0.25, 0.3) is 0 Å². The first-order valence-electron chi connectivity index (χ1n) is 6.09. The van der Waals surface area contributed by atoms with Crippen LogP contribution in [0.15, 0.2) is 33.8 Å². The van der Waals surface area contributed by atoms with Crippen LogP contribution in [0.4, 0.5) is 0 Å². The molecule has 19 heavy (non-hydrogen) atoms. The van der Waals surface area contributed by atoms with Crippen molar-refractivity contribution < 1.29 is 9.00 Å². The summed E-state index contributed by atoms with van der Waals surface area (Å²) in [7, 11) is -2.78. The van der Waals surface area contributed by atoms with Gasteiger partial charge in [-0.3, -0.25) is 4.79 Å². The van der Waals surface area contributed by atoms with E-state index >= 15 is 0 Å². The average Bonchev–Trinajstić information content (AvgIpc) is 2.39.